The molecule has 4 fully saturated rings. The summed E-state index contributed by atoms with van der Waals surface area (Å²) in [6.45, 7) is 5.19. The van der Waals surface area contributed by atoms with E-state index in [2.05, 4.69) is 47.2 Å². The molecule has 0 aromatic heterocycles. The SMILES string of the molecule is CCC1(C=C2OC(=O)C3=C2CCC2C4CCC5(C6=CCC(C7CCCCC7)C(NCC(C)O)SSCNC7=CC(=CCN7)C(CN7C(=O)C=CC7=O)C4=C5C(=O)O6)C32)CCCC1. The largest absolute Gasteiger partial charge is 0.427 e. The summed E-state index contributed by atoms with van der Waals surface area (Å²) in [6, 6.07) is 0. The Balaban J connectivity index is 1.17. The number of hydrogen-bond donors (Lipinski definition) is 4. The minimum Gasteiger partial charge on any atom is -0.427 e. The van der Waals surface area contributed by atoms with E-state index >= 15 is 4.79 Å². The molecule has 11 nitrogen and oxygen atoms in total. The van der Waals surface area contributed by atoms with Gasteiger partial charge in [-0.15, -0.1) is 0 Å². The van der Waals surface area contributed by atoms with Crippen LogP contribution in [0.4, 0.5) is 0 Å². The lowest BCUT2D eigenvalue weighted by Gasteiger charge is -2.57. The molecule has 7 bridgehead atoms. The summed E-state index contributed by atoms with van der Waals surface area (Å²) in [5, 5.41) is 21.4. The molecule has 0 aromatic carbocycles. The Hall–Kier alpha value is -3.52. The molecule has 0 aromatic rings. The highest BCUT2D eigenvalue weighted by Crippen LogP contribution is 2.71. The zero-order valence-corrected chi connectivity index (χ0v) is 37.8. The van der Waals surface area contributed by atoms with Crippen LogP contribution in [0.15, 0.2) is 81.7 Å². The molecule has 13 heteroatoms. The molecular formula is C49H62N4O7S2. The molecule has 11 rings (SSSR count). The number of nitrogens with one attached hydrogen (secondary N) is 3. The van der Waals surface area contributed by atoms with E-state index in [4.69, 9.17) is 9.47 Å². The molecule has 2 amide bonds. The number of dihydropyridines is 1. The second-order valence-electron chi connectivity index (χ2n) is 19.6. The van der Waals surface area contributed by atoms with Gasteiger partial charge in [0.25, 0.3) is 11.8 Å². The van der Waals surface area contributed by atoms with Gasteiger partial charge >= 0.3 is 11.9 Å². The maximum absolute atomic E-state index is 15.1. The van der Waals surface area contributed by atoms with E-state index in [9.17, 15) is 19.5 Å². The normalized spacial score (nSPS) is 35.6. The first kappa shape index (κ1) is 42.4. The lowest BCUT2D eigenvalue weighted by molar-refractivity contribution is -0.138. The van der Waals surface area contributed by atoms with Crippen molar-refractivity contribution in [2.45, 2.75) is 122 Å². The number of carbonyl (C=O) groups excluding carboxylic acids is 4. The van der Waals surface area contributed by atoms with Crippen LogP contribution in [0.3, 0.4) is 0 Å². The highest BCUT2D eigenvalue weighted by Gasteiger charge is 2.69. The number of fused-ring (bicyclic) bond motifs is 2. The van der Waals surface area contributed by atoms with Crippen LogP contribution in [-0.4, -0.2) is 70.7 Å². The van der Waals surface area contributed by atoms with Crippen LogP contribution in [0.25, 0.3) is 0 Å². The van der Waals surface area contributed by atoms with Crippen molar-refractivity contribution in [1.29, 1.82) is 0 Å². The van der Waals surface area contributed by atoms with E-state index in [1.165, 1.54) is 49.2 Å². The Labute approximate surface area is 373 Å². The Morgan fingerprint density at radius 3 is 2.50 bits per heavy atom. The number of hydrogen-bond acceptors (Lipinski definition) is 12. The van der Waals surface area contributed by atoms with Gasteiger partial charge in [-0.25, -0.2) is 9.59 Å². The molecule has 332 valence electrons. The van der Waals surface area contributed by atoms with E-state index in [1.807, 2.05) is 6.92 Å². The van der Waals surface area contributed by atoms with Crippen molar-refractivity contribution < 1.29 is 33.8 Å². The second kappa shape index (κ2) is 17.1. The molecule has 0 radical (unpaired) electrons. The van der Waals surface area contributed by atoms with Gasteiger partial charge in [0, 0.05) is 54.8 Å². The zero-order valence-electron chi connectivity index (χ0n) is 36.2. The number of esters is 2. The zero-order chi connectivity index (χ0) is 42.8. The van der Waals surface area contributed by atoms with E-state index < -0.39 is 17.4 Å². The number of imide groups is 1. The molecule has 6 aliphatic carbocycles. The fourth-order valence-electron chi connectivity index (χ4n) is 13.5. The molecule has 11 aliphatic rings. The van der Waals surface area contributed by atoms with Gasteiger partial charge in [0.1, 0.15) is 11.5 Å². The van der Waals surface area contributed by atoms with Gasteiger partial charge in [0.2, 0.25) is 0 Å². The van der Waals surface area contributed by atoms with Crippen molar-refractivity contribution in [3.63, 3.8) is 0 Å². The fraction of sp³-hybridized carbons (Fsp3) is 0.633. The highest BCUT2D eigenvalue weighted by molar-refractivity contribution is 8.76. The fourth-order valence-corrected chi connectivity index (χ4v) is 16.1. The van der Waals surface area contributed by atoms with Gasteiger partial charge < -0.3 is 30.5 Å². The third kappa shape index (κ3) is 7.28. The quantitative estimate of drug-likeness (QED) is 0.108. The summed E-state index contributed by atoms with van der Waals surface area (Å²) in [6.07, 6.45) is 26.0. The van der Waals surface area contributed by atoms with Crippen LogP contribution in [0.1, 0.15) is 110 Å². The first-order valence-electron chi connectivity index (χ1n) is 23.6. The average Bonchev–Trinajstić information content (AvgIpc) is 4.04. The predicted octanol–water partition coefficient (Wildman–Crippen LogP) is 7.61. The monoisotopic (exact) mass is 882 g/mol. The van der Waals surface area contributed by atoms with Crippen molar-refractivity contribution >= 4 is 45.3 Å². The van der Waals surface area contributed by atoms with Crippen molar-refractivity contribution in [2.24, 2.45) is 46.3 Å². The van der Waals surface area contributed by atoms with Crippen LogP contribution in [0, 0.1) is 46.3 Å². The molecule has 8 atom stereocenters. The molecule has 1 spiro atoms. The first-order chi connectivity index (χ1) is 30.1. The number of amides is 2. The minimum atomic E-state index is -0.899. The number of aliphatic hydroxyl groups excluding tert-OH is 1. The van der Waals surface area contributed by atoms with Crippen LogP contribution < -0.4 is 16.0 Å². The number of aliphatic hydroxyl groups is 1. The average molecular weight is 883 g/mol. The predicted molar refractivity (Wildman–Crippen MR) is 240 cm³/mol. The third-order valence-corrected chi connectivity index (χ3v) is 18.9. The van der Waals surface area contributed by atoms with Crippen LogP contribution in [0.5, 0.6) is 0 Å². The summed E-state index contributed by atoms with van der Waals surface area (Å²) < 4.78 is 13.1. The Kier molecular flexibility index (Phi) is 11.7. The van der Waals surface area contributed by atoms with Crippen LogP contribution in [0.2, 0.25) is 0 Å². The number of cyclic esters (lactones) is 1. The molecule has 8 unspecified atom stereocenters. The summed E-state index contributed by atoms with van der Waals surface area (Å²) in [7, 11) is 3.55. The van der Waals surface area contributed by atoms with Crippen molar-refractivity contribution in [3.05, 3.63) is 81.7 Å². The summed E-state index contributed by atoms with van der Waals surface area (Å²) >= 11 is 0. The topological polar surface area (TPSA) is 146 Å². The second-order valence-corrected chi connectivity index (χ2v) is 22.1. The van der Waals surface area contributed by atoms with Crippen molar-refractivity contribution in [2.75, 3.05) is 25.5 Å². The maximum atomic E-state index is 15.1. The standard InChI is InChI=1S/C49H62N4O7S2/c1-3-48(19-7-8-20-48)24-36-34-12-11-33-32-17-21-49(43(33)42(34)46(57)59-36)37-14-13-31(29-9-5-4-6-10-29)45(51-25-28(2)54)62-61-27-52-38-23-30(18-22-50-38)35(41(32)44(49)47(58)60-37)26-53-39(55)15-16-40(53)56/h14-16,18,23-24,28-29,31-33,35,43,45,50-52,54H,3-13,17,19-22,25-27H2,1-2H3. The third-order valence-electron chi connectivity index (χ3n) is 16.4. The van der Waals surface area contributed by atoms with E-state index in [0.717, 1.165) is 85.2 Å². The molecule has 1 saturated heterocycles. The van der Waals surface area contributed by atoms with Gasteiger partial charge in [-0.05, 0) is 117 Å². The summed E-state index contributed by atoms with van der Waals surface area (Å²) in [5.74, 6) is 1.43. The van der Waals surface area contributed by atoms with Crippen molar-refractivity contribution in [3.8, 4) is 0 Å². The highest BCUT2D eigenvalue weighted by atomic mass is 33.1. The molecule has 4 N–H and O–H groups in total. The first-order valence-corrected chi connectivity index (χ1v) is 26.0. The van der Waals surface area contributed by atoms with Crippen molar-refractivity contribution in [1.82, 2.24) is 20.9 Å². The number of allylic oxidation sites excluding steroid dienone is 5. The Bertz CT molecular complexity index is 2100. The molecule has 3 saturated carbocycles. The lowest BCUT2D eigenvalue weighted by atomic mass is 9.43. The molecule has 5 heterocycles. The van der Waals surface area contributed by atoms with Gasteiger partial charge in [-0.3, -0.25) is 14.5 Å². The van der Waals surface area contributed by atoms with Crippen LogP contribution in [-0.2, 0) is 28.7 Å². The lowest BCUT2D eigenvalue weighted by Crippen LogP contribution is -2.54. The number of ether oxygens (including phenoxy) is 2. The van der Waals surface area contributed by atoms with E-state index in [1.54, 1.807) is 21.6 Å². The number of nitrogens with zero attached hydrogens (tertiary/aromatic N) is 1. The minimum absolute atomic E-state index is 0.0240. The van der Waals surface area contributed by atoms with Gasteiger partial charge in [-0.2, -0.15) is 0 Å². The summed E-state index contributed by atoms with van der Waals surface area (Å²) in [4.78, 5) is 57.7. The van der Waals surface area contributed by atoms with E-state index in [0.29, 0.717) is 49.1 Å². The van der Waals surface area contributed by atoms with Crippen LogP contribution >= 0.6 is 21.6 Å². The van der Waals surface area contributed by atoms with E-state index in [-0.39, 0.29) is 64.8 Å². The Morgan fingerprint density at radius 2 is 1.74 bits per heavy atom. The number of carbonyl (C=O) groups is 4. The molecular weight excluding hydrogens is 821 g/mol. The molecule has 5 aliphatic heterocycles. The Morgan fingerprint density at radius 1 is 0.952 bits per heavy atom. The van der Waals surface area contributed by atoms with Gasteiger partial charge in [0.15, 0.2) is 0 Å². The van der Waals surface area contributed by atoms with Gasteiger partial charge in [0.05, 0.1) is 34.2 Å². The smallest absolute Gasteiger partial charge is 0.340 e. The number of rotatable bonds is 8. The maximum Gasteiger partial charge on any atom is 0.340 e. The van der Waals surface area contributed by atoms with Gasteiger partial charge in [-0.1, -0.05) is 79.5 Å². The summed E-state index contributed by atoms with van der Waals surface area (Å²) in [5.41, 5.74) is 3.44. The molecule has 62 heavy (non-hydrogen) atoms.